The molecule has 0 fully saturated rings. The fraction of sp³-hybridized carbons (Fsp3) is 0. The number of hydrogen-bond acceptors (Lipinski definition) is 4. The maximum Gasteiger partial charge on any atom is 0.239 e. The maximum absolute atomic E-state index is 6.23. The first-order valence-electron chi connectivity index (χ1n) is 8.18. The van der Waals surface area contributed by atoms with Gasteiger partial charge < -0.3 is 0 Å². The molecule has 0 N–H and O–H groups in total. The molecule has 26 heavy (non-hydrogen) atoms. The largest absolute Gasteiger partial charge is 0.279 e. The summed E-state index contributed by atoms with van der Waals surface area (Å²) in [5.74, 6) is 1.01. The van der Waals surface area contributed by atoms with E-state index in [0.717, 1.165) is 16.9 Å². The molecule has 4 rings (SSSR count). The second kappa shape index (κ2) is 7.33. The van der Waals surface area contributed by atoms with Crippen molar-refractivity contribution in [2.24, 2.45) is 0 Å². The molecule has 126 valence electrons. The lowest BCUT2D eigenvalue weighted by atomic mass is 10.2. The summed E-state index contributed by atoms with van der Waals surface area (Å²) >= 11 is 6.23. The van der Waals surface area contributed by atoms with Gasteiger partial charge in [-0.15, -0.1) is 0 Å². The van der Waals surface area contributed by atoms with Crippen LogP contribution in [0.4, 0.5) is 17.3 Å². The van der Waals surface area contributed by atoms with Crippen molar-refractivity contribution in [3.05, 3.63) is 96.3 Å². The SMILES string of the molecule is Clc1nc(-c2ccccc2)nc(N(c2ccccc2)c2ccccc2)n1. The average Bonchev–Trinajstić information content (AvgIpc) is 2.70. The second-order valence-electron chi connectivity index (χ2n) is 5.60. The summed E-state index contributed by atoms with van der Waals surface area (Å²) in [5.41, 5.74) is 2.78. The van der Waals surface area contributed by atoms with E-state index in [-0.39, 0.29) is 5.28 Å². The van der Waals surface area contributed by atoms with Gasteiger partial charge in [0.05, 0.1) is 0 Å². The lowest BCUT2D eigenvalue weighted by molar-refractivity contribution is 1.02. The molecule has 0 saturated heterocycles. The molecule has 4 nitrogen and oxygen atoms in total. The van der Waals surface area contributed by atoms with Gasteiger partial charge in [0, 0.05) is 16.9 Å². The van der Waals surface area contributed by atoms with Gasteiger partial charge in [-0.05, 0) is 35.9 Å². The maximum atomic E-state index is 6.23. The van der Waals surface area contributed by atoms with Crippen LogP contribution in [0.15, 0.2) is 91.0 Å². The molecule has 3 aromatic carbocycles. The highest BCUT2D eigenvalue weighted by molar-refractivity contribution is 6.28. The van der Waals surface area contributed by atoms with Crippen LogP contribution in [0.2, 0.25) is 5.28 Å². The fourth-order valence-electron chi connectivity index (χ4n) is 2.69. The number of rotatable bonds is 4. The van der Waals surface area contributed by atoms with Crippen molar-refractivity contribution in [3.63, 3.8) is 0 Å². The highest BCUT2D eigenvalue weighted by Gasteiger charge is 2.17. The minimum absolute atomic E-state index is 0.158. The normalized spacial score (nSPS) is 10.5. The number of aromatic nitrogens is 3. The third-order valence-electron chi connectivity index (χ3n) is 3.86. The summed E-state index contributed by atoms with van der Waals surface area (Å²) in [6.07, 6.45) is 0. The fourth-order valence-corrected chi connectivity index (χ4v) is 2.85. The van der Waals surface area contributed by atoms with Crippen molar-refractivity contribution in [1.82, 2.24) is 15.0 Å². The van der Waals surface area contributed by atoms with E-state index in [1.807, 2.05) is 95.9 Å². The van der Waals surface area contributed by atoms with E-state index in [9.17, 15) is 0 Å². The third-order valence-corrected chi connectivity index (χ3v) is 4.03. The molecule has 0 saturated carbocycles. The lowest BCUT2D eigenvalue weighted by Gasteiger charge is -2.23. The average molecular weight is 359 g/mol. The van der Waals surface area contributed by atoms with Gasteiger partial charge in [-0.3, -0.25) is 4.90 Å². The standard InChI is InChI=1S/C21H15ClN4/c22-20-23-19(16-10-4-1-5-11-16)24-21(25-20)26(17-12-6-2-7-13-17)18-14-8-3-9-15-18/h1-15H. The summed E-state index contributed by atoms with van der Waals surface area (Å²) in [6.45, 7) is 0. The number of anilines is 3. The summed E-state index contributed by atoms with van der Waals surface area (Å²) in [6, 6.07) is 29.6. The molecule has 0 spiro atoms. The summed E-state index contributed by atoms with van der Waals surface area (Å²) in [7, 11) is 0. The Bertz CT molecular complexity index is 953. The van der Waals surface area contributed by atoms with Crippen LogP contribution in [-0.4, -0.2) is 15.0 Å². The number of halogens is 1. The third kappa shape index (κ3) is 3.41. The van der Waals surface area contributed by atoms with Gasteiger partial charge in [0.2, 0.25) is 11.2 Å². The van der Waals surface area contributed by atoms with Gasteiger partial charge in [0.15, 0.2) is 5.82 Å². The van der Waals surface area contributed by atoms with Gasteiger partial charge in [-0.25, -0.2) is 0 Å². The second-order valence-corrected chi connectivity index (χ2v) is 5.94. The summed E-state index contributed by atoms with van der Waals surface area (Å²) < 4.78 is 0. The molecule has 0 unspecified atom stereocenters. The van der Waals surface area contributed by atoms with Crippen LogP contribution in [0, 0.1) is 0 Å². The number of benzene rings is 3. The Morgan fingerprint density at radius 1 is 0.577 bits per heavy atom. The van der Waals surface area contributed by atoms with Crippen molar-refractivity contribution in [3.8, 4) is 11.4 Å². The van der Waals surface area contributed by atoms with E-state index in [1.54, 1.807) is 0 Å². The zero-order valence-corrected chi connectivity index (χ0v) is 14.6. The van der Waals surface area contributed by atoms with Crippen LogP contribution >= 0.6 is 11.6 Å². The van der Waals surface area contributed by atoms with Crippen LogP contribution < -0.4 is 4.90 Å². The van der Waals surface area contributed by atoms with Crippen molar-refractivity contribution < 1.29 is 0 Å². The van der Waals surface area contributed by atoms with Gasteiger partial charge in [-0.1, -0.05) is 66.7 Å². The summed E-state index contributed by atoms with van der Waals surface area (Å²) in [5, 5.41) is 0.158. The molecule has 1 heterocycles. The van der Waals surface area contributed by atoms with Gasteiger partial charge in [0.1, 0.15) is 0 Å². The van der Waals surface area contributed by atoms with E-state index >= 15 is 0 Å². The molecule has 5 heteroatoms. The zero-order chi connectivity index (χ0) is 17.8. The van der Waals surface area contributed by atoms with Crippen LogP contribution in [0.25, 0.3) is 11.4 Å². The Morgan fingerprint density at radius 2 is 1.08 bits per heavy atom. The Morgan fingerprint density at radius 3 is 1.62 bits per heavy atom. The Labute approximate surface area is 156 Å². The molecule has 0 aliphatic rings. The van der Waals surface area contributed by atoms with Gasteiger partial charge in [-0.2, -0.15) is 15.0 Å². The van der Waals surface area contributed by atoms with Crippen LogP contribution in [0.1, 0.15) is 0 Å². The molecule has 4 aromatic rings. The lowest BCUT2D eigenvalue weighted by Crippen LogP contribution is -2.14. The molecule has 0 aliphatic heterocycles. The van der Waals surface area contributed by atoms with E-state index < -0.39 is 0 Å². The predicted octanol–water partition coefficient (Wildman–Crippen LogP) is 5.66. The Kier molecular flexibility index (Phi) is 4.58. The van der Waals surface area contributed by atoms with Crippen molar-refractivity contribution >= 4 is 28.9 Å². The smallest absolute Gasteiger partial charge is 0.239 e. The first-order valence-corrected chi connectivity index (χ1v) is 8.56. The molecule has 0 radical (unpaired) electrons. The first-order chi connectivity index (χ1) is 12.8. The molecule has 1 aromatic heterocycles. The Balaban J connectivity index is 1.88. The van der Waals surface area contributed by atoms with Crippen LogP contribution in [-0.2, 0) is 0 Å². The highest BCUT2D eigenvalue weighted by atomic mass is 35.5. The minimum Gasteiger partial charge on any atom is -0.279 e. The topological polar surface area (TPSA) is 41.9 Å². The number of hydrogen-bond donors (Lipinski definition) is 0. The van der Waals surface area contributed by atoms with Crippen molar-refractivity contribution in [2.75, 3.05) is 4.90 Å². The van der Waals surface area contributed by atoms with Crippen molar-refractivity contribution in [2.45, 2.75) is 0 Å². The van der Waals surface area contributed by atoms with Gasteiger partial charge >= 0.3 is 0 Å². The molecular weight excluding hydrogens is 344 g/mol. The monoisotopic (exact) mass is 358 g/mol. The predicted molar refractivity (Wildman–Crippen MR) is 105 cm³/mol. The molecule has 0 aliphatic carbocycles. The van der Waals surface area contributed by atoms with E-state index in [1.165, 1.54) is 0 Å². The van der Waals surface area contributed by atoms with E-state index in [2.05, 4.69) is 15.0 Å². The first kappa shape index (κ1) is 16.2. The van der Waals surface area contributed by atoms with Crippen LogP contribution in [0.3, 0.4) is 0 Å². The van der Waals surface area contributed by atoms with Gasteiger partial charge in [0.25, 0.3) is 0 Å². The molecule has 0 amide bonds. The van der Waals surface area contributed by atoms with E-state index in [4.69, 9.17) is 11.6 Å². The molecule has 0 bridgehead atoms. The Hall–Kier alpha value is -3.24. The zero-order valence-electron chi connectivity index (χ0n) is 13.8. The number of para-hydroxylation sites is 2. The quantitative estimate of drug-likeness (QED) is 0.472. The number of nitrogens with zero attached hydrogens (tertiary/aromatic N) is 4. The minimum atomic E-state index is 0.158. The van der Waals surface area contributed by atoms with Crippen LogP contribution in [0.5, 0.6) is 0 Å². The van der Waals surface area contributed by atoms with E-state index in [0.29, 0.717) is 11.8 Å². The van der Waals surface area contributed by atoms with Crippen molar-refractivity contribution in [1.29, 1.82) is 0 Å². The molecular formula is C21H15ClN4. The summed E-state index contributed by atoms with van der Waals surface area (Å²) in [4.78, 5) is 15.3. The highest BCUT2D eigenvalue weighted by Crippen LogP contribution is 2.32. The molecule has 0 atom stereocenters.